The molecule has 20 heavy (non-hydrogen) atoms. The summed E-state index contributed by atoms with van der Waals surface area (Å²) in [4.78, 5) is 12.3. The third kappa shape index (κ3) is 2.62. The Kier molecular flexibility index (Phi) is 3.85. The van der Waals surface area contributed by atoms with E-state index in [4.69, 9.17) is 11.6 Å². The highest BCUT2D eigenvalue weighted by Gasteiger charge is 2.13. The molecule has 0 aliphatic heterocycles. The second-order valence-corrected chi connectivity index (χ2v) is 5.80. The van der Waals surface area contributed by atoms with Crippen molar-refractivity contribution in [2.45, 2.75) is 13.5 Å². The molecule has 0 radical (unpaired) electrons. The van der Waals surface area contributed by atoms with E-state index in [9.17, 15) is 0 Å². The highest BCUT2D eigenvalue weighted by molar-refractivity contribution is 7.09. The largest absolute Gasteiger partial charge is 0.351 e. The minimum atomic E-state index is 0.295. The van der Waals surface area contributed by atoms with Gasteiger partial charge < -0.3 is 4.90 Å². The number of fused-ring (bicyclic) bond motifs is 1. The molecule has 3 nitrogen and oxygen atoms in total. The third-order valence-electron chi connectivity index (χ3n) is 3.16. The zero-order chi connectivity index (χ0) is 13.9. The van der Waals surface area contributed by atoms with E-state index >= 15 is 0 Å². The molecule has 0 saturated carbocycles. The van der Waals surface area contributed by atoms with Crippen LogP contribution in [0.25, 0.3) is 10.9 Å². The Hall–Kier alpha value is -1.65. The van der Waals surface area contributed by atoms with E-state index in [2.05, 4.69) is 39.3 Å². The Bertz CT molecular complexity index is 712. The van der Waals surface area contributed by atoms with Gasteiger partial charge in [-0.05, 0) is 42.1 Å². The molecule has 0 spiro atoms. The van der Waals surface area contributed by atoms with Crippen LogP contribution < -0.4 is 4.90 Å². The lowest BCUT2D eigenvalue weighted by Gasteiger charge is -2.22. The van der Waals surface area contributed by atoms with Crippen molar-refractivity contribution in [1.29, 1.82) is 0 Å². The van der Waals surface area contributed by atoms with Gasteiger partial charge in [0.15, 0.2) is 0 Å². The molecule has 3 rings (SSSR count). The van der Waals surface area contributed by atoms with Crippen LogP contribution in [0.5, 0.6) is 0 Å². The number of hydrogen-bond donors (Lipinski definition) is 0. The summed E-state index contributed by atoms with van der Waals surface area (Å²) >= 11 is 7.81. The monoisotopic (exact) mass is 303 g/mol. The molecule has 102 valence electrons. The van der Waals surface area contributed by atoms with Crippen molar-refractivity contribution in [1.82, 2.24) is 9.97 Å². The van der Waals surface area contributed by atoms with Crippen LogP contribution in [0.2, 0.25) is 5.28 Å². The third-order valence-corrected chi connectivity index (χ3v) is 4.19. The second-order valence-electron chi connectivity index (χ2n) is 4.43. The average molecular weight is 304 g/mol. The number of para-hydroxylation sites is 1. The SMILES string of the molecule is CCN(Cc1cccs1)c1nc(Cl)nc2ccccc12. The number of thiophene rings is 1. The van der Waals surface area contributed by atoms with Gasteiger partial charge in [0, 0.05) is 16.8 Å². The first kappa shape index (κ1) is 13.3. The van der Waals surface area contributed by atoms with Crippen LogP contribution >= 0.6 is 22.9 Å². The van der Waals surface area contributed by atoms with Crippen LogP contribution in [0.3, 0.4) is 0 Å². The molecule has 0 atom stereocenters. The maximum Gasteiger partial charge on any atom is 0.224 e. The van der Waals surface area contributed by atoms with Crippen molar-refractivity contribution < 1.29 is 0 Å². The smallest absolute Gasteiger partial charge is 0.224 e. The number of anilines is 1. The summed E-state index contributed by atoms with van der Waals surface area (Å²) < 4.78 is 0. The van der Waals surface area contributed by atoms with E-state index in [1.165, 1.54) is 4.88 Å². The Morgan fingerprint density at radius 1 is 1.15 bits per heavy atom. The lowest BCUT2D eigenvalue weighted by atomic mass is 10.2. The normalized spacial score (nSPS) is 10.9. The maximum absolute atomic E-state index is 6.06. The van der Waals surface area contributed by atoms with Gasteiger partial charge >= 0.3 is 0 Å². The van der Waals surface area contributed by atoms with Gasteiger partial charge in [-0.25, -0.2) is 4.98 Å². The molecular weight excluding hydrogens is 290 g/mol. The molecule has 0 unspecified atom stereocenters. The number of benzene rings is 1. The second kappa shape index (κ2) is 5.77. The molecular formula is C15H14ClN3S. The summed E-state index contributed by atoms with van der Waals surface area (Å²) in [6.07, 6.45) is 0. The van der Waals surface area contributed by atoms with Gasteiger partial charge in [0.05, 0.1) is 12.1 Å². The fourth-order valence-corrected chi connectivity index (χ4v) is 3.09. The molecule has 2 aromatic heterocycles. The van der Waals surface area contributed by atoms with E-state index in [0.717, 1.165) is 29.8 Å². The zero-order valence-corrected chi connectivity index (χ0v) is 12.7. The van der Waals surface area contributed by atoms with Crippen LogP contribution in [0.15, 0.2) is 41.8 Å². The first-order valence-corrected chi connectivity index (χ1v) is 7.73. The zero-order valence-electron chi connectivity index (χ0n) is 11.1. The number of rotatable bonds is 4. The Morgan fingerprint density at radius 3 is 2.75 bits per heavy atom. The highest BCUT2D eigenvalue weighted by Crippen LogP contribution is 2.27. The fourth-order valence-electron chi connectivity index (χ4n) is 2.20. The Labute approximate surface area is 126 Å². The topological polar surface area (TPSA) is 29.0 Å². The van der Waals surface area contributed by atoms with Crippen molar-refractivity contribution in [3.05, 3.63) is 51.9 Å². The molecule has 2 heterocycles. The number of hydrogen-bond acceptors (Lipinski definition) is 4. The molecule has 3 aromatic rings. The molecule has 0 aliphatic carbocycles. The van der Waals surface area contributed by atoms with Gasteiger partial charge in [-0.2, -0.15) is 4.98 Å². The summed E-state index contributed by atoms with van der Waals surface area (Å²) in [5, 5.41) is 3.42. The van der Waals surface area contributed by atoms with Crippen molar-refractivity contribution in [3.63, 3.8) is 0 Å². The molecule has 0 N–H and O–H groups in total. The van der Waals surface area contributed by atoms with E-state index in [-0.39, 0.29) is 0 Å². The number of aromatic nitrogens is 2. The summed E-state index contributed by atoms with van der Waals surface area (Å²) in [6, 6.07) is 12.2. The molecule has 0 fully saturated rings. The predicted molar refractivity (Wildman–Crippen MR) is 85.6 cm³/mol. The van der Waals surface area contributed by atoms with Crippen LogP contribution in [0.4, 0.5) is 5.82 Å². The quantitative estimate of drug-likeness (QED) is 0.670. The molecule has 0 saturated heterocycles. The van der Waals surface area contributed by atoms with Crippen molar-refractivity contribution in [2.75, 3.05) is 11.4 Å². The summed E-state index contributed by atoms with van der Waals surface area (Å²) in [5.74, 6) is 0.900. The van der Waals surface area contributed by atoms with Crippen LogP contribution in [-0.4, -0.2) is 16.5 Å². The first-order valence-electron chi connectivity index (χ1n) is 6.47. The van der Waals surface area contributed by atoms with Crippen molar-refractivity contribution in [2.24, 2.45) is 0 Å². The minimum absolute atomic E-state index is 0.295. The summed E-state index contributed by atoms with van der Waals surface area (Å²) in [6.45, 7) is 3.83. The number of halogens is 1. The van der Waals surface area contributed by atoms with Gasteiger partial charge in [0.2, 0.25) is 5.28 Å². The minimum Gasteiger partial charge on any atom is -0.351 e. The van der Waals surface area contributed by atoms with E-state index in [1.54, 1.807) is 11.3 Å². The standard InChI is InChI=1S/C15H14ClN3S/c1-2-19(10-11-6-5-9-20-11)14-12-7-3-4-8-13(12)17-15(16)18-14/h3-9H,2,10H2,1H3. The van der Waals surface area contributed by atoms with Gasteiger partial charge in [-0.1, -0.05) is 18.2 Å². The summed E-state index contributed by atoms with van der Waals surface area (Å²) in [7, 11) is 0. The van der Waals surface area contributed by atoms with Gasteiger partial charge in [0.25, 0.3) is 0 Å². The van der Waals surface area contributed by atoms with Gasteiger partial charge in [0.1, 0.15) is 5.82 Å². The number of nitrogens with zero attached hydrogens (tertiary/aromatic N) is 3. The first-order chi connectivity index (χ1) is 9.78. The average Bonchev–Trinajstić information content (AvgIpc) is 2.97. The molecule has 1 aromatic carbocycles. The van der Waals surface area contributed by atoms with Crippen LogP contribution in [-0.2, 0) is 6.54 Å². The highest BCUT2D eigenvalue weighted by atomic mass is 35.5. The lowest BCUT2D eigenvalue weighted by Crippen LogP contribution is -2.23. The van der Waals surface area contributed by atoms with E-state index in [0.29, 0.717) is 5.28 Å². The molecule has 0 aliphatic rings. The maximum atomic E-state index is 6.06. The van der Waals surface area contributed by atoms with Crippen LogP contribution in [0, 0.1) is 0 Å². The fraction of sp³-hybridized carbons (Fsp3) is 0.200. The summed E-state index contributed by atoms with van der Waals surface area (Å²) in [5.41, 5.74) is 0.882. The molecule has 0 amide bonds. The van der Waals surface area contributed by atoms with Gasteiger partial charge in [-0.15, -0.1) is 11.3 Å². The van der Waals surface area contributed by atoms with Crippen molar-refractivity contribution in [3.8, 4) is 0 Å². The predicted octanol–water partition coefficient (Wildman–Crippen LogP) is 4.37. The molecule has 0 bridgehead atoms. The Morgan fingerprint density at radius 2 is 2.00 bits per heavy atom. The van der Waals surface area contributed by atoms with E-state index < -0.39 is 0 Å². The van der Waals surface area contributed by atoms with Crippen LogP contribution in [0.1, 0.15) is 11.8 Å². The van der Waals surface area contributed by atoms with Gasteiger partial charge in [-0.3, -0.25) is 0 Å². The van der Waals surface area contributed by atoms with E-state index in [1.807, 2.05) is 24.3 Å². The lowest BCUT2D eigenvalue weighted by molar-refractivity contribution is 0.826. The van der Waals surface area contributed by atoms with Crippen molar-refractivity contribution >= 4 is 39.7 Å². The molecule has 5 heteroatoms. The Balaban J connectivity index is 2.06.